The first-order valence-electron chi connectivity index (χ1n) is 8.68. The lowest BCUT2D eigenvalue weighted by molar-refractivity contribution is -0.186. The van der Waals surface area contributed by atoms with Crippen LogP contribution in [0.1, 0.15) is 32.1 Å². The molecular weight excluding hydrogens is 323 g/mol. The Morgan fingerprint density at radius 3 is 2.58 bits per heavy atom. The Balaban J connectivity index is 1.46. The number of fused-ring (bicyclic) bond motifs is 1. The minimum absolute atomic E-state index is 0.0868. The summed E-state index contributed by atoms with van der Waals surface area (Å²) >= 11 is 0. The molecule has 3 fully saturated rings. The molecule has 0 spiro atoms. The van der Waals surface area contributed by atoms with Crippen molar-refractivity contribution in [3.05, 3.63) is 0 Å². The Bertz CT molecular complexity index is 491. The first-order valence-corrected chi connectivity index (χ1v) is 8.68. The minimum Gasteiger partial charge on any atom is -0.355 e. The Kier molecular flexibility index (Phi) is 4.77. The number of piperidine rings is 1. The highest BCUT2D eigenvalue weighted by Crippen LogP contribution is 2.45. The molecule has 2 atom stereocenters. The number of halogens is 3. The predicted octanol–water partition coefficient (Wildman–Crippen LogP) is 1.29. The van der Waals surface area contributed by atoms with Crippen molar-refractivity contribution < 1.29 is 22.8 Å². The van der Waals surface area contributed by atoms with Crippen LogP contribution in [0.15, 0.2) is 0 Å². The van der Waals surface area contributed by atoms with Gasteiger partial charge >= 0.3 is 12.1 Å². The highest BCUT2D eigenvalue weighted by Gasteiger charge is 2.51. The van der Waals surface area contributed by atoms with Gasteiger partial charge in [0.25, 0.3) is 0 Å². The number of amides is 2. The minimum atomic E-state index is -4.80. The lowest BCUT2D eigenvalue weighted by Crippen LogP contribution is -2.48. The van der Waals surface area contributed by atoms with E-state index in [1.165, 1.54) is 0 Å². The zero-order valence-corrected chi connectivity index (χ0v) is 13.6. The number of nitrogens with zero attached hydrogens (tertiary/aromatic N) is 1. The molecule has 5 nitrogen and oxygen atoms in total. The van der Waals surface area contributed by atoms with Gasteiger partial charge in [0.05, 0.1) is 5.41 Å². The Morgan fingerprint density at radius 1 is 1.21 bits per heavy atom. The second-order valence-corrected chi connectivity index (χ2v) is 7.32. The maximum absolute atomic E-state index is 12.6. The predicted molar refractivity (Wildman–Crippen MR) is 81.0 cm³/mol. The van der Waals surface area contributed by atoms with Crippen LogP contribution in [0.25, 0.3) is 0 Å². The van der Waals surface area contributed by atoms with Gasteiger partial charge in [0.2, 0.25) is 5.91 Å². The van der Waals surface area contributed by atoms with E-state index in [2.05, 4.69) is 10.6 Å². The van der Waals surface area contributed by atoms with Crippen LogP contribution in [-0.4, -0.2) is 55.6 Å². The summed E-state index contributed by atoms with van der Waals surface area (Å²) in [6, 6.07) is 0. The van der Waals surface area contributed by atoms with Crippen molar-refractivity contribution in [3.8, 4) is 0 Å². The standard InChI is InChI=1S/C16H24F3N3O2/c17-16(18,19)14(24)22-6-3-11(4-7-22)8-21-13(23)15-5-1-2-12(15)9-20-10-15/h11-12,20H,1-10H2,(H,21,23)/t12-,15-/m1/s1. The van der Waals surface area contributed by atoms with Crippen molar-refractivity contribution in [2.24, 2.45) is 17.3 Å². The van der Waals surface area contributed by atoms with E-state index in [1.54, 1.807) is 0 Å². The molecule has 0 aromatic heterocycles. The molecule has 3 rings (SSSR count). The Hall–Kier alpha value is -1.31. The summed E-state index contributed by atoms with van der Waals surface area (Å²) in [4.78, 5) is 24.7. The SMILES string of the molecule is O=C(N1CCC(CNC(=O)[C@@]23CCC[C@@H]2CNC3)CC1)C(F)(F)F. The van der Waals surface area contributed by atoms with Gasteiger partial charge in [-0.15, -0.1) is 0 Å². The average molecular weight is 347 g/mol. The molecule has 8 heteroatoms. The van der Waals surface area contributed by atoms with Gasteiger partial charge in [-0.3, -0.25) is 9.59 Å². The molecule has 3 aliphatic rings. The number of hydrogen-bond acceptors (Lipinski definition) is 3. The number of carbonyl (C=O) groups is 2. The Morgan fingerprint density at radius 2 is 1.92 bits per heavy atom. The quantitative estimate of drug-likeness (QED) is 0.809. The van der Waals surface area contributed by atoms with E-state index in [0.717, 1.165) is 37.3 Å². The lowest BCUT2D eigenvalue weighted by atomic mass is 9.79. The highest BCUT2D eigenvalue weighted by atomic mass is 19.4. The number of nitrogens with one attached hydrogen (secondary N) is 2. The fraction of sp³-hybridized carbons (Fsp3) is 0.875. The molecule has 0 aromatic carbocycles. The summed E-state index contributed by atoms with van der Waals surface area (Å²) in [7, 11) is 0. The summed E-state index contributed by atoms with van der Waals surface area (Å²) < 4.78 is 37.3. The molecule has 0 radical (unpaired) electrons. The molecule has 2 N–H and O–H groups in total. The van der Waals surface area contributed by atoms with Crippen LogP contribution in [0.3, 0.4) is 0 Å². The topological polar surface area (TPSA) is 61.4 Å². The third kappa shape index (κ3) is 3.25. The molecule has 2 aliphatic heterocycles. The molecule has 2 saturated heterocycles. The fourth-order valence-corrected chi connectivity index (χ4v) is 4.46. The van der Waals surface area contributed by atoms with E-state index in [0.29, 0.717) is 25.3 Å². The van der Waals surface area contributed by atoms with Crippen LogP contribution in [0, 0.1) is 17.3 Å². The van der Waals surface area contributed by atoms with Crippen LogP contribution < -0.4 is 10.6 Å². The number of rotatable bonds is 3. The van der Waals surface area contributed by atoms with Gasteiger partial charge in [0.15, 0.2) is 0 Å². The molecule has 2 amide bonds. The van der Waals surface area contributed by atoms with Gasteiger partial charge in [-0.25, -0.2) is 0 Å². The highest BCUT2D eigenvalue weighted by molar-refractivity contribution is 5.84. The molecule has 1 aliphatic carbocycles. The van der Waals surface area contributed by atoms with Crippen molar-refractivity contribution in [2.75, 3.05) is 32.7 Å². The first kappa shape index (κ1) is 17.5. The van der Waals surface area contributed by atoms with Gasteiger partial charge in [-0.05, 0) is 44.1 Å². The van der Waals surface area contributed by atoms with Gasteiger partial charge in [-0.2, -0.15) is 13.2 Å². The van der Waals surface area contributed by atoms with Crippen molar-refractivity contribution in [1.29, 1.82) is 0 Å². The number of hydrogen-bond donors (Lipinski definition) is 2. The maximum atomic E-state index is 12.6. The monoisotopic (exact) mass is 347 g/mol. The number of carbonyl (C=O) groups excluding carboxylic acids is 2. The van der Waals surface area contributed by atoms with Gasteiger partial charge in [-0.1, -0.05) is 6.42 Å². The molecule has 136 valence electrons. The smallest absolute Gasteiger partial charge is 0.355 e. The van der Waals surface area contributed by atoms with Gasteiger partial charge in [0, 0.05) is 26.2 Å². The summed E-state index contributed by atoms with van der Waals surface area (Å²) in [6.07, 6.45) is -0.730. The summed E-state index contributed by atoms with van der Waals surface area (Å²) in [5.41, 5.74) is -0.285. The van der Waals surface area contributed by atoms with Gasteiger partial charge in [0.1, 0.15) is 0 Å². The normalized spacial score (nSPS) is 31.1. The summed E-state index contributed by atoms with van der Waals surface area (Å²) in [6.45, 7) is 2.32. The molecule has 2 heterocycles. The van der Waals surface area contributed by atoms with Gasteiger partial charge < -0.3 is 15.5 Å². The van der Waals surface area contributed by atoms with Crippen LogP contribution in [-0.2, 0) is 9.59 Å². The van der Waals surface area contributed by atoms with E-state index in [-0.39, 0.29) is 30.3 Å². The zero-order valence-electron chi connectivity index (χ0n) is 13.6. The fourth-order valence-electron chi connectivity index (χ4n) is 4.46. The van der Waals surface area contributed by atoms with Crippen molar-refractivity contribution in [2.45, 2.75) is 38.3 Å². The van der Waals surface area contributed by atoms with Crippen molar-refractivity contribution in [3.63, 3.8) is 0 Å². The Labute approximate surface area is 139 Å². The summed E-state index contributed by atoms with van der Waals surface area (Å²) in [5.74, 6) is -1.13. The molecule has 0 aromatic rings. The molecule has 24 heavy (non-hydrogen) atoms. The third-order valence-electron chi connectivity index (χ3n) is 5.94. The number of likely N-dealkylation sites (tertiary alicyclic amines) is 1. The molecule has 0 unspecified atom stereocenters. The largest absolute Gasteiger partial charge is 0.471 e. The average Bonchev–Trinajstić information content (AvgIpc) is 3.12. The third-order valence-corrected chi connectivity index (χ3v) is 5.94. The van der Waals surface area contributed by atoms with E-state index in [4.69, 9.17) is 0 Å². The maximum Gasteiger partial charge on any atom is 0.471 e. The van der Waals surface area contributed by atoms with Crippen LogP contribution in [0.5, 0.6) is 0 Å². The summed E-state index contributed by atoms with van der Waals surface area (Å²) in [5, 5.41) is 6.33. The van der Waals surface area contributed by atoms with Crippen molar-refractivity contribution >= 4 is 11.8 Å². The van der Waals surface area contributed by atoms with Crippen LogP contribution >= 0.6 is 0 Å². The van der Waals surface area contributed by atoms with E-state index >= 15 is 0 Å². The molecular formula is C16H24F3N3O2. The molecule has 0 bridgehead atoms. The lowest BCUT2D eigenvalue weighted by Gasteiger charge is -2.33. The van der Waals surface area contributed by atoms with Crippen molar-refractivity contribution in [1.82, 2.24) is 15.5 Å². The van der Waals surface area contributed by atoms with E-state index in [9.17, 15) is 22.8 Å². The van der Waals surface area contributed by atoms with E-state index in [1.807, 2.05) is 0 Å². The molecule has 1 saturated carbocycles. The van der Waals surface area contributed by atoms with Crippen LogP contribution in [0.2, 0.25) is 0 Å². The number of alkyl halides is 3. The first-order chi connectivity index (χ1) is 11.3. The van der Waals surface area contributed by atoms with Crippen LogP contribution in [0.4, 0.5) is 13.2 Å². The second-order valence-electron chi connectivity index (χ2n) is 7.32. The second kappa shape index (κ2) is 6.54. The zero-order chi connectivity index (χ0) is 17.4. The van der Waals surface area contributed by atoms with E-state index < -0.39 is 12.1 Å².